The van der Waals surface area contributed by atoms with Crippen molar-refractivity contribution in [1.29, 1.82) is 0 Å². The van der Waals surface area contributed by atoms with Gasteiger partial charge < -0.3 is 20.3 Å². The Labute approximate surface area is 184 Å². The fourth-order valence-corrected chi connectivity index (χ4v) is 4.19. The summed E-state index contributed by atoms with van der Waals surface area (Å²) in [4.78, 5) is 12.1. The predicted molar refractivity (Wildman–Crippen MR) is 120 cm³/mol. The van der Waals surface area contributed by atoms with Gasteiger partial charge in [0.05, 0.1) is 6.54 Å². The van der Waals surface area contributed by atoms with Gasteiger partial charge in [-0.2, -0.15) is 5.10 Å². The van der Waals surface area contributed by atoms with Gasteiger partial charge in [0.25, 0.3) is 0 Å². The SMILES string of the molecule is CCNC(=NCC1CCN(C2CC2)C1)NC1CCc2nc(COC)nn2C1.I. The molecule has 3 aliphatic rings. The highest BCUT2D eigenvalue weighted by atomic mass is 127. The Morgan fingerprint density at radius 1 is 1.25 bits per heavy atom. The third-order valence-corrected chi connectivity index (χ3v) is 5.75. The second-order valence-electron chi connectivity index (χ2n) is 8.04. The van der Waals surface area contributed by atoms with Crippen LogP contribution < -0.4 is 10.6 Å². The second kappa shape index (κ2) is 10.2. The minimum Gasteiger partial charge on any atom is -0.377 e. The van der Waals surface area contributed by atoms with Crippen molar-refractivity contribution in [2.75, 3.05) is 33.3 Å². The van der Waals surface area contributed by atoms with Crippen LogP contribution in [0.1, 0.15) is 44.3 Å². The number of aromatic nitrogens is 3. The Balaban J connectivity index is 0.00000225. The van der Waals surface area contributed by atoms with Crippen molar-refractivity contribution < 1.29 is 4.74 Å². The summed E-state index contributed by atoms with van der Waals surface area (Å²) < 4.78 is 7.17. The van der Waals surface area contributed by atoms with Crippen LogP contribution in [0.5, 0.6) is 0 Å². The quantitative estimate of drug-likeness (QED) is 0.333. The average molecular weight is 503 g/mol. The summed E-state index contributed by atoms with van der Waals surface area (Å²) in [5.41, 5.74) is 0. The number of hydrogen-bond donors (Lipinski definition) is 2. The zero-order valence-corrected chi connectivity index (χ0v) is 19.4. The molecule has 0 spiro atoms. The molecule has 0 aromatic carbocycles. The van der Waals surface area contributed by atoms with Gasteiger partial charge in [-0.1, -0.05) is 0 Å². The van der Waals surface area contributed by atoms with Gasteiger partial charge >= 0.3 is 0 Å². The first-order chi connectivity index (χ1) is 13.2. The van der Waals surface area contributed by atoms with E-state index in [1.54, 1.807) is 7.11 Å². The Kier molecular flexibility index (Phi) is 7.93. The van der Waals surface area contributed by atoms with Crippen LogP contribution in [0.2, 0.25) is 0 Å². The number of aliphatic imine (C=N–C) groups is 1. The van der Waals surface area contributed by atoms with Crippen LogP contribution in [0, 0.1) is 5.92 Å². The summed E-state index contributed by atoms with van der Waals surface area (Å²) in [7, 11) is 1.68. The molecule has 2 atom stereocenters. The van der Waals surface area contributed by atoms with E-state index < -0.39 is 0 Å². The maximum Gasteiger partial charge on any atom is 0.191 e. The largest absolute Gasteiger partial charge is 0.377 e. The third kappa shape index (κ3) is 5.56. The van der Waals surface area contributed by atoms with Crippen molar-refractivity contribution in [3.63, 3.8) is 0 Å². The molecule has 3 heterocycles. The molecule has 1 aliphatic carbocycles. The number of halogens is 1. The number of aryl methyl sites for hydroxylation is 1. The monoisotopic (exact) mass is 503 g/mol. The predicted octanol–water partition coefficient (Wildman–Crippen LogP) is 1.40. The van der Waals surface area contributed by atoms with Crippen molar-refractivity contribution in [3.8, 4) is 0 Å². The summed E-state index contributed by atoms with van der Waals surface area (Å²) in [5.74, 6) is 3.47. The molecule has 1 saturated carbocycles. The highest BCUT2D eigenvalue weighted by Crippen LogP contribution is 2.31. The smallest absolute Gasteiger partial charge is 0.191 e. The number of nitrogens with zero attached hydrogens (tertiary/aromatic N) is 5. The number of likely N-dealkylation sites (tertiary alicyclic amines) is 1. The molecule has 158 valence electrons. The molecule has 1 aromatic rings. The van der Waals surface area contributed by atoms with Crippen molar-refractivity contribution >= 4 is 29.9 Å². The first kappa shape index (κ1) is 21.8. The van der Waals surface area contributed by atoms with Crippen LogP contribution in [-0.4, -0.2) is 71.0 Å². The second-order valence-corrected chi connectivity index (χ2v) is 8.04. The van der Waals surface area contributed by atoms with E-state index >= 15 is 0 Å². The standard InChI is InChI=1S/C19H33N7O.HI/c1-3-20-19(21-10-14-8-9-25(11-14)16-5-6-16)22-15-4-7-18-23-17(13-27-2)24-26(18)12-15;/h14-16H,3-13H2,1-2H3,(H2,20,21,22);1H. The highest BCUT2D eigenvalue weighted by molar-refractivity contribution is 14.0. The molecule has 1 aromatic heterocycles. The average Bonchev–Trinajstić information content (AvgIpc) is 3.26. The molecule has 2 unspecified atom stereocenters. The fraction of sp³-hybridized carbons (Fsp3) is 0.842. The Hall–Kier alpha value is -0.940. The van der Waals surface area contributed by atoms with E-state index in [1.807, 2.05) is 4.68 Å². The van der Waals surface area contributed by atoms with E-state index in [1.165, 1.54) is 32.4 Å². The van der Waals surface area contributed by atoms with E-state index in [2.05, 4.69) is 32.5 Å². The van der Waals surface area contributed by atoms with Gasteiger partial charge in [0.15, 0.2) is 11.8 Å². The zero-order valence-electron chi connectivity index (χ0n) is 17.1. The van der Waals surface area contributed by atoms with Gasteiger partial charge in [-0.3, -0.25) is 4.99 Å². The summed E-state index contributed by atoms with van der Waals surface area (Å²) in [6, 6.07) is 1.21. The molecular formula is C19H34IN7O. The summed E-state index contributed by atoms with van der Waals surface area (Å²) in [6.07, 6.45) is 6.07. The maximum atomic E-state index is 5.15. The molecule has 4 rings (SSSR count). The lowest BCUT2D eigenvalue weighted by molar-refractivity contribution is 0.177. The number of ether oxygens (including phenoxy) is 1. The number of nitrogens with one attached hydrogen (secondary N) is 2. The Morgan fingerprint density at radius 3 is 2.86 bits per heavy atom. The molecule has 2 N–H and O–H groups in total. The normalized spacial score (nSPS) is 25.3. The van der Waals surface area contributed by atoms with E-state index in [4.69, 9.17) is 9.73 Å². The van der Waals surface area contributed by atoms with Crippen LogP contribution in [-0.2, 0) is 24.3 Å². The summed E-state index contributed by atoms with van der Waals surface area (Å²) >= 11 is 0. The number of methoxy groups -OCH3 is 1. The lowest BCUT2D eigenvalue weighted by Crippen LogP contribution is -2.47. The van der Waals surface area contributed by atoms with Crippen LogP contribution in [0.3, 0.4) is 0 Å². The van der Waals surface area contributed by atoms with Crippen molar-refractivity contribution in [2.45, 2.75) is 64.3 Å². The van der Waals surface area contributed by atoms with Gasteiger partial charge in [0.2, 0.25) is 0 Å². The van der Waals surface area contributed by atoms with Crippen LogP contribution >= 0.6 is 24.0 Å². The lowest BCUT2D eigenvalue weighted by Gasteiger charge is -2.25. The van der Waals surface area contributed by atoms with Crippen LogP contribution in [0.15, 0.2) is 4.99 Å². The van der Waals surface area contributed by atoms with E-state index in [0.29, 0.717) is 18.6 Å². The number of hydrogen-bond acceptors (Lipinski definition) is 5. The summed E-state index contributed by atoms with van der Waals surface area (Å²) in [5, 5.41) is 11.6. The molecule has 0 radical (unpaired) electrons. The highest BCUT2D eigenvalue weighted by Gasteiger charge is 2.34. The maximum absolute atomic E-state index is 5.15. The number of rotatable bonds is 7. The first-order valence-electron chi connectivity index (χ1n) is 10.5. The van der Waals surface area contributed by atoms with Gasteiger partial charge in [-0.05, 0) is 45.1 Å². The minimum atomic E-state index is 0. The van der Waals surface area contributed by atoms with Crippen molar-refractivity contribution in [3.05, 3.63) is 11.6 Å². The van der Waals surface area contributed by atoms with E-state index in [-0.39, 0.29) is 24.0 Å². The topological polar surface area (TPSA) is 79.6 Å². The fourth-order valence-electron chi connectivity index (χ4n) is 4.19. The third-order valence-electron chi connectivity index (χ3n) is 5.75. The summed E-state index contributed by atoms with van der Waals surface area (Å²) in [6.45, 7) is 7.70. The molecule has 2 aliphatic heterocycles. The molecule has 0 bridgehead atoms. The zero-order chi connectivity index (χ0) is 18.6. The van der Waals surface area contributed by atoms with Gasteiger partial charge in [0.1, 0.15) is 12.4 Å². The lowest BCUT2D eigenvalue weighted by atomic mass is 10.1. The van der Waals surface area contributed by atoms with E-state index in [0.717, 1.165) is 56.1 Å². The molecule has 2 fully saturated rings. The van der Waals surface area contributed by atoms with E-state index in [9.17, 15) is 0 Å². The minimum absolute atomic E-state index is 0. The van der Waals surface area contributed by atoms with Gasteiger partial charge in [-0.25, -0.2) is 9.67 Å². The molecule has 8 nitrogen and oxygen atoms in total. The number of fused-ring (bicyclic) bond motifs is 1. The van der Waals surface area contributed by atoms with Crippen LogP contribution in [0.25, 0.3) is 0 Å². The number of guanidine groups is 1. The molecule has 0 amide bonds. The molecule has 28 heavy (non-hydrogen) atoms. The van der Waals surface area contributed by atoms with Crippen LogP contribution in [0.4, 0.5) is 0 Å². The van der Waals surface area contributed by atoms with Gasteiger partial charge in [-0.15, -0.1) is 24.0 Å². The molecular weight excluding hydrogens is 469 g/mol. The molecule has 9 heteroatoms. The van der Waals surface area contributed by atoms with Crippen molar-refractivity contribution in [1.82, 2.24) is 30.3 Å². The Bertz CT molecular complexity index is 661. The first-order valence-corrected chi connectivity index (χ1v) is 10.5. The van der Waals surface area contributed by atoms with Crippen molar-refractivity contribution in [2.24, 2.45) is 10.9 Å². The Morgan fingerprint density at radius 2 is 2.11 bits per heavy atom. The molecule has 1 saturated heterocycles. The van der Waals surface area contributed by atoms with Gasteiger partial charge in [0, 0.05) is 45.2 Å².